The molecule has 0 bridgehead atoms. The molecule has 0 aromatic carbocycles. The lowest BCUT2D eigenvalue weighted by atomic mass is 9.51. The second-order valence-electron chi connectivity index (χ2n) is 3.89. The van der Waals surface area contributed by atoms with Gasteiger partial charge in [-0.15, -0.1) is 12.4 Å². The van der Waals surface area contributed by atoms with E-state index in [0.29, 0.717) is 11.5 Å². The standard InChI is InChI=1S/C9H17NO.ClH/c1-10-7-6-8(11-2)9(7)4-3-5-9;/h7-8,10H,3-6H2,1-2H3;1H. The van der Waals surface area contributed by atoms with Crippen molar-refractivity contribution in [1.29, 1.82) is 0 Å². The third kappa shape index (κ3) is 1.09. The van der Waals surface area contributed by atoms with E-state index in [1.165, 1.54) is 25.7 Å². The van der Waals surface area contributed by atoms with Crippen molar-refractivity contribution >= 4 is 12.4 Å². The van der Waals surface area contributed by atoms with E-state index in [2.05, 4.69) is 12.4 Å². The molecule has 2 fully saturated rings. The van der Waals surface area contributed by atoms with Crippen molar-refractivity contribution in [2.75, 3.05) is 14.2 Å². The summed E-state index contributed by atoms with van der Waals surface area (Å²) < 4.78 is 5.44. The number of halogens is 1. The van der Waals surface area contributed by atoms with Crippen LogP contribution in [0.15, 0.2) is 0 Å². The minimum Gasteiger partial charge on any atom is -0.381 e. The van der Waals surface area contributed by atoms with Gasteiger partial charge in [0, 0.05) is 18.6 Å². The van der Waals surface area contributed by atoms with Crippen LogP contribution in [0.4, 0.5) is 0 Å². The lowest BCUT2D eigenvalue weighted by Crippen LogP contribution is -2.65. The fourth-order valence-electron chi connectivity index (χ4n) is 2.74. The summed E-state index contributed by atoms with van der Waals surface area (Å²) in [6.07, 6.45) is 5.91. The molecule has 0 amide bonds. The number of rotatable bonds is 2. The van der Waals surface area contributed by atoms with Crippen LogP contribution in [0.3, 0.4) is 0 Å². The van der Waals surface area contributed by atoms with Gasteiger partial charge in [-0.1, -0.05) is 6.42 Å². The second kappa shape index (κ2) is 3.52. The van der Waals surface area contributed by atoms with Crippen LogP contribution in [0.5, 0.6) is 0 Å². The first-order valence-corrected chi connectivity index (χ1v) is 4.53. The van der Waals surface area contributed by atoms with Crippen molar-refractivity contribution in [2.45, 2.75) is 37.8 Å². The van der Waals surface area contributed by atoms with Crippen LogP contribution < -0.4 is 5.32 Å². The van der Waals surface area contributed by atoms with Crippen LogP contribution in [0.2, 0.25) is 0 Å². The fourth-order valence-corrected chi connectivity index (χ4v) is 2.74. The van der Waals surface area contributed by atoms with E-state index in [1.54, 1.807) is 0 Å². The molecule has 1 spiro atoms. The van der Waals surface area contributed by atoms with Crippen LogP contribution in [-0.2, 0) is 4.74 Å². The molecule has 2 atom stereocenters. The lowest BCUT2D eigenvalue weighted by molar-refractivity contribution is -0.159. The summed E-state index contributed by atoms with van der Waals surface area (Å²) >= 11 is 0. The maximum atomic E-state index is 5.44. The van der Waals surface area contributed by atoms with Crippen molar-refractivity contribution in [2.24, 2.45) is 5.41 Å². The predicted molar refractivity (Wildman–Crippen MR) is 51.8 cm³/mol. The van der Waals surface area contributed by atoms with E-state index in [1.807, 2.05) is 7.11 Å². The Kier molecular flexibility index (Phi) is 3.02. The zero-order chi connectivity index (χ0) is 7.90. The Labute approximate surface area is 80.5 Å². The zero-order valence-corrected chi connectivity index (χ0v) is 8.62. The highest BCUT2D eigenvalue weighted by Gasteiger charge is 2.57. The topological polar surface area (TPSA) is 21.3 Å². The Balaban J connectivity index is 0.000000720. The van der Waals surface area contributed by atoms with Crippen molar-refractivity contribution in [1.82, 2.24) is 5.32 Å². The van der Waals surface area contributed by atoms with Gasteiger partial charge in [-0.3, -0.25) is 0 Å². The first kappa shape index (κ1) is 10.3. The van der Waals surface area contributed by atoms with Crippen LogP contribution in [0, 0.1) is 5.41 Å². The van der Waals surface area contributed by atoms with Gasteiger partial charge in [-0.25, -0.2) is 0 Å². The van der Waals surface area contributed by atoms with E-state index in [0.717, 1.165) is 6.04 Å². The van der Waals surface area contributed by atoms with Crippen molar-refractivity contribution in [3.63, 3.8) is 0 Å². The Morgan fingerprint density at radius 1 is 1.42 bits per heavy atom. The summed E-state index contributed by atoms with van der Waals surface area (Å²) in [4.78, 5) is 0. The molecule has 2 aliphatic rings. The molecule has 2 rings (SSSR count). The first-order chi connectivity index (χ1) is 5.33. The molecule has 1 N–H and O–H groups in total. The molecule has 2 unspecified atom stereocenters. The van der Waals surface area contributed by atoms with E-state index >= 15 is 0 Å². The average Bonchev–Trinajstić information content (AvgIpc) is 1.84. The lowest BCUT2D eigenvalue weighted by Gasteiger charge is -2.60. The Bertz CT molecular complexity index is 147. The quantitative estimate of drug-likeness (QED) is 0.716. The van der Waals surface area contributed by atoms with Crippen LogP contribution >= 0.6 is 12.4 Å². The van der Waals surface area contributed by atoms with Gasteiger partial charge in [0.1, 0.15) is 0 Å². The molecule has 3 heteroatoms. The molecule has 0 heterocycles. The third-order valence-electron chi connectivity index (χ3n) is 3.70. The Morgan fingerprint density at radius 2 is 2.08 bits per heavy atom. The summed E-state index contributed by atoms with van der Waals surface area (Å²) in [5.41, 5.74) is 0.545. The van der Waals surface area contributed by atoms with Crippen LogP contribution in [0.25, 0.3) is 0 Å². The molecule has 0 aromatic heterocycles. The molecule has 0 saturated heterocycles. The number of methoxy groups -OCH3 is 1. The van der Waals surface area contributed by atoms with E-state index in [-0.39, 0.29) is 12.4 Å². The van der Waals surface area contributed by atoms with Gasteiger partial charge < -0.3 is 10.1 Å². The molecule has 2 nitrogen and oxygen atoms in total. The molecular weight excluding hydrogens is 174 g/mol. The maximum Gasteiger partial charge on any atom is 0.0657 e. The number of hydrogen-bond donors (Lipinski definition) is 1. The molecule has 2 saturated carbocycles. The van der Waals surface area contributed by atoms with Crippen LogP contribution in [0.1, 0.15) is 25.7 Å². The smallest absolute Gasteiger partial charge is 0.0657 e. The van der Waals surface area contributed by atoms with E-state index in [9.17, 15) is 0 Å². The monoisotopic (exact) mass is 191 g/mol. The van der Waals surface area contributed by atoms with Gasteiger partial charge in [0.2, 0.25) is 0 Å². The minimum atomic E-state index is 0. The van der Waals surface area contributed by atoms with Gasteiger partial charge in [0.05, 0.1) is 6.10 Å². The van der Waals surface area contributed by atoms with Gasteiger partial charge >= 0.3 is 0 Å². The molecule has 72 valence electrons. The summed E-state index contributed by atoms with van der Waals surface area (Å²) in [6, 6.07) is 0.737. The van der Waals surface area contributed by atoms with Crippen molar-refractivity contribution < 1.29 is 4.74 Å². The highest BCUT2D eigenvalue weighted by molar-refractivity contribution is 5.85. The van der Waals surface area contributed by atoms with Crippen LogP contribution in [-0.4, -0.2) is 26.3 Å². The van der Waals surface area contributed by atoms with Gasteiger partial charge in [0.15, 0.2) is 0 Å². The maximum absolute atomic E-state index is 5.44. The second-order valence-corrected chi connectivity index (χ2v) is 3.89. The van der Waals surface area contributed by atoms with E-state index in [4.69, 9.17) is 4.74 Å². The zero-order valence-electron chi connectivity index (χ0n) is 7.80. The van der Waals surface area contributed by atoms with E-state index < -0.39 is 0 Å². The first-order valence-electron chi connectivity index (χ1n) is 4.53. The largest absolute Gasteiger partial charge is 0.381 e. The minimum absolute atomic E-state index is 0. The van der Waals surface area contributed by atoms with Gasteiger partial charge in [-0.2, -0.15) is 0 Å². The Morgan fingerprint density at radius 3 is 2.42 bits per heavy atom. The SMILES string of the molecule is CNC1CC(OC)C12CCC2.Cl. The fraction of sp³-hybridized carbons (Fsp3) is 1.00. The summed E-state index contributed by atoms with van der Waals surface area (Å²) in [6.45, 7) is 0. The molecule has 12 heavy (non-hydrogen) atoms. The average molecular weight is 192 g/mol. The summed E-state index contributed by atoms with van der Waals surface area (Å²) in [5, 5.41) is 3.38. The summed E-state index contributed by atoms with van der Waals surface area (Å²) in [5.74, 6) is 0. The molecule has 0 aliphatic heterocycles. The highest BCUT2D eigenvalue weighted by Crippen LogP contribution is 2.56. The predicted octanol–water partition coefficient (Wildman–Crippen LogP) is 1.59. The van der Waals surface area contributed by atoms with Crippen molar-refractivity contribution in [3.8, 4) is 0 Å². The number of ether oxygens (including phenoxy) is 1. The van der Waals surface area contributed by atoms with Gasteiger partial charge in [-0.05, 0) is 26.3 Å². The number of nitrogens with one attached hydrogen (secondary N) is 1. The molecular formula is C9H18ClNO. The Hall–Kier alpha value is 0.210. The normalized spacial score (nSPS) is 36.5. The van der Waals surface area contributed by atoms with Crippen molar-refractivity contribution in [3.05, 3.63) is 0 Å². The van der Waals surface area contributed by atoms with Gasteiger partial charge in [0.25, 0.3) is 0 Å². The highest BCUT2D eigenvalue weighted by atomic mass is 35.5. The summed E-state index contributed by atoms with van der Waals surface area (Å²) in [7, 11) is 3.91. The number of hydrogen-bond acceptors (Lipinski definition) is 2. The molecule has 0 radical (unpaired) electrons. The third-order valence-corrected chi connectivity index (χ3v) is 3.70. The molecule has 0 aromatic rings. The molecule has 2 aliphatic carbocycles.